The fourth-order valence-electron chi connectivity index (χ4n) is 4.82. The molecule has 0 atom stereocenters. The third kappa shape index (κ3) is 4.72. The number of pyridine rings is 1. The number of nitrogens with two attached hydrogens (primary N) is 1. The van der Waals surface area contributed by atoms with Crippen molar-refractivity contribution in [2.24, 2.45) is 0 Å². The van der Waals surface area contributed by atoms with Crippen LogP contribution in [0.15, 0.2) is 53.3 Å². The Labute approximate surface area is 195 Å². The molecule has 3 aromatic rings. The molecule has 2 aromatic carbocycles. The summed E-state index contributed by atoms with van der Waals surface area (Å²) < 4.78 is 13.1. The maximum absolute atomic E-state index is 12.5. The molecule has 2 N–H and O–H groups in total. The van der Waals surface area contributed by atoms with Crippen LogP contribution in [0, 0.1) is 0 Å². The van der Waals surface area contributed by atoms with E-state index >= 15 is 0 Å². The molecule has 8 heteroatoms. The predicted molar refractivity (Wildman–Crippen MR) is 131 cm³/mol. The maximum Gasteiger partial charge on any atom is 0.251 e. The van der Waals surface area contributed by atoms with Crippen LogP contribution in [0.3, 0.4) is 0 Å². The number of benzene rings is 2. The smallest absolute Gasteiger partial charge is 0.251 e. The molecule has 0 amide bonds. The van der Waals surface area contributed by atoms with E-state index in [1.54, 1.807) is 6.07 Å². The molecule has 0 unspecified atom stereocenters. The molecule has 1 saturated heterocycles. The van der Waals surface area contributed by atoms with Crippen molar-refractivity contribution in [2.45, 2.75) is 32.0 Å². The highest BCUT2D eigenvalue weighted by Crippen LogP contribution is 2.31. The Morgan fingerprint density at radius 1 is 1.00 bits per heavy atom. The van der Waals surface area contributed by atoms with Crippen LogP contribution in [0.2, 0.25) is 0 Å². The van der Waals surface area contributed by atoms with Crippen molar-refractivity contribution in [3.05, 3.63) is 64.4 Å². The third-order valence-corrected chi connectivity index (χ3v) is 6.70. The lowest BCUT2D eigenvalue weighted by Gasteiger charge is -2.37. The van der Waals surface area contributed by atoms with E-state index in [2.05, 4.69) is 11.0 Å². The van der Waals surface area contributed by atoms with Crippen molar-refractivity contribution in [1.82, 2.24) is 14.3 Å². The first-order chi connectivity index (χ1) is 16.1. The molecule has 2 aliphatic heterocycles. The van der Waals surface area contributed by atoms with Gasteiger partial charge in [0.1, 0.15) is 13.2 Å². The maximum atomic E-state index is 12.5. The van der Waals surface area contributed by atoms with Crippen LogP contribution in [0.25, 0.3) is 10.9 Å². The molecule has 2 radical (unpaired) electrons. The molecular weight excluding hydrogens is 415 g/mol. The molecule has 0 bridgehead atoms. The van der Waals surface area contributed by atoms with Crippen molar-refractivity contribution < 1.29 is 9.47 Å². The number of rotatable bonds is 6. The minimum absolute atomic E-state index is 0.00977. The molecule has 0 saturated carbocycles. The number of hydrogen-bond donors (Lipinski definition) is 1. The third-order valence-electron chi connectivity index (χ3n) is 6.70. The average molecular weight is 444 g/mol. The first kappa shape index (κ1) is 21.9. The van der Waals surface area contributed by atoms with Crippen LogP contribution < -0.4 is 20.8 Å². The number of nitrogens with zero attached hydrogens (tertiary/aromatic N) is 3. The lowest BCUT2D eigenvalue weighted by atomic mass is 9.99. The van der Waals surface area contributed by atoms with Crippen molar-refractivity contribution in [1.29, 1.82) is 0 Å². The topological polar surface area (TPSA) is 73.0 Å². The first-order valence-electron chi connectivity index (χ1n) is 11.6. The number of hydrogen-bond acceptors (Lipinski definition) is 6. The zero-order valence-corrected chi connectivity index (χ0v) is 18.8. The standard InChI is InChI=1S/C25H29BN4O3/c26-30(17-18-4-6-23-24(16-18)33-15-14-32-23)19-8-10-28(11-9-19)12-13-29-22-3-1-2-21(27)20(22)5-7-25(29)31/h1-7,16,19H,8-15,17,27H2. The van der Waals surface area contributed by atoms with Crippen molar-refractivity contribution in [3.63, 3.8) is 0 Å². The van der Waals surface area contributed by atoms with E-state index in [9.17, 15) is 4.79 Å². The van der Waals surface area contributed by atoms with Gasteiger partial charge in [0.05, 0.1) is 5.52 Å². The summed E-state index contributed by atoms with van der Waals surface area (Å²) in [4.78, 5) is 16.8. The van der Waals surface area contributed by atoms with E-state index in [4.69, 9.17) is 23.2 Å². The largest absolute Gasteiger partial charge is 0.486 e. The van der Waals surface area contributed by atoms with Gasteiger partial charge in [0, 0.05) is 42.8 Å². The van der Waals surface area contributed by atoms with E-state index in [0.717, 1.165) is 60.4 Å². The second-order valence-corrected chi connectivity index (χ2v) is 8.83. The van der Waals surface area contributed by atoms with E-state index in [0.29, 0.717) is 38.0 Å². The predicted octanol–water partition coefficient (Wildman–Crippen LogP) is 2.40. The van der Waals surface area contributed by atoms with Crippen LogP contribution >= 0.6 is 0 Å². The second kappa shape index (κ2) is 9.49. The zero-order chi connectivity index (χ0) is 22.8. The molecule has 33 heavy (non-hydrogen) atoms. The Hall–Kier alpha value is -2.97. The Morgan fingerprint density at radius 2 is 1.79 bits per heavy atom. The van der Waals surface area contributed by atoms with E-state index in [1.165, 1.54) is 0 Å². The van der Waals surface area contributed by atoms with Gasteiger partial charge in [0.2, 0.25) is 0 Å². The molecule has 3 heterocycles. The molecule has 0 spiro atoms. The van der Waals surface area contributed by atoms with E-state index < -0.39 is 0 Å². The van der Waals surface area contributed by atoms with Gasteiger partial charge in [-0.05, 0) is 61.8 Å². The summed E-state index contributed by atoms with van der Waals surface area (Å²) in [5.74, 6) is 1.60. The normalized spacial score (nSPS) is 17.0. The van der Waals surface area contributed by atoms with Gasteiger partial charge in [-0.3, -0.25) is 4.79 Å². The lowest BCUT2D eigenvalue weighted by molar-refractivity contribution is 0.153. The highest BCUT2D eigenvalue weighted by atomic mass is 16.6. The SMILES string of the molecule is [B]N(Cc1ccc2c(c1)OCCO2)C1CCN(CCn2c(=O)ccc3c(N)cccc32)CC1. The minimum atomic E-state index is 0.00977. The van der Waals surface area contributed by atoms with Gasteiger partial charge in [-0.1, -0.05) is 12.1 Å². The lowest BCUT2D eigenvalue weighted by Crippen LogP contribution is -2.44. The summed E-state index contributed by atoms with van der Waals surface area (Å²) >= 11 is 0. The number of aromatic nitrogens is 1. The monoisotopic (exact) mass is 444 g/mol. The number of fused-ring (bicyclic) bond motifs is 2. The molecule has 2 aliphatic rings. The molecule has 170 valence electrons. The Balaban J connectivity index is 1.16. The highest BCUT2D eigenvalue weighted by molar-refractivity contribution is 6.04. The van der Waals surface area contributed by atoms with Gasteiger partial charge in [-0.2, -0.15) is 0 Å². The van der Waals surface area contributed by atoms with Crippen LogP contribution in [-0.4, -0.2) is 61.1 Å². The molecule has 7 nitrogen and oxygen atoms in total. The summed E-state index contributed by atoms with van der Waals surface area (Å²) in [5.41, 5.74) is 8.82. The summed E-state index contributed by atoms with van der Waals surface area (Å²) in [5, 5.41) is 0.925. The quantitative estimate of drug-likeness (QED) is 0.465. The van der Waals surface area contributed by atoms with Gasteiger partial charge < -0.3 is 29.5 Å². The van der Waals surface area contributed by atoms with Gasteiger partial charge in [-0.15, -0.1) is 0 Å². The van der Waals surface area contributed by atoms with Gasteiger partial charge >= 0.3 is 0 Å². The van der Waals surface area contributed by atoms with Crippen LogP contribution in [0.4, 0.5) is 5.69 Å². The van der Waals surface area contributed by atoms with Crippen molar-refractivity contribution in [3.8, 4) is 11.5 Å². The fourth-order valence-corrected chi connectivity index (χ4v) is 4.82. The van der Waals surface area contributed by atoms with Crippen LogP contribution in [0.1, 0.15) is 18.4 Å². The number of ether oxygens (including phenoxy) is 2. The fraction of sp³-hybridized carbons (Fsp3) is 0.400. The van der Waals surface area contributed by atoms with E-state index in [1.807, 2.05) is 45.8 Å². The summed E-state index contributed by atoms with van der Waals surface area (Å²) in [6.07, 6.45) is 2.00. The molecule has 1 fully saturated rings. The molecule has 1 aromatic heterocycles. The van der Waals surface area contributed by atoms with Crippen molar-refractivity contribution in [2.75, 3.05) is 38.6 Å². The molecule has 0 aliphatic carbocycles. The van der Waals surface area contributed by atoms with E-state index in [-0.39, 0.29) is 5.56 Å². The number of anilines is 1. The Kier molecular flexibility index (Phi) is 6.29. The summed E-state index contributed by atoms with van der Waals surface area (Å²) in [7, 11) is 6.45. The molecule has 5 rings (SSSR count). The molecular formula is C25H29BN4O3. The Bertz CT molecular complexity index is 1190. The summed E-state index contributed by atoms with van der Waals surface area (Å²) in [6, 6.07) is 15.5. The summed E-state index contributed by atoms with van der Waals surface area (Å²) in [6.45, 7) is 5.24. The first-order valence-corrected chi connectivity index (χ1v) is 11.6. The Morgan fingerprint density at radius 3 is 2.61 bits per heavy atom. The van der Waals surface area contributed by atoms with Gasteiger partial charge in [0.15, 0.2) is 19.5 Å². The second-order valence-electron chi connectivity index (χ2n) is 8.83. The number of likely N-dealkylation sites (tertiary alicyclic amines) is 1. The zero-order valence-electron chi connectivity index (χ0n) is 18.8. The average Bonchev–Trinajstić information content (AvgIpc) is 2.84. The van der Waals surface area contributed by atoms with Crippen LogP contribution in [0.5, 0.6) is 11.5 Å². The van der Waals surface area contributed by atoms with Gasteiger partial charge in [0.25, 0.3) is 5.56 Å². The van der Waals surface area contributed by atoms with Gasteiger partial charge in [-0.25, -0.2) is 0 Å². The highest BCUT2D eigenvalue weighted by Gasteiger charge is 2.23. The van der Waals surface area contributed by atoms with Crippen LogP contribution in [-0.2, 0) is 13.1 Å². The number of nitrogen functional groups attached to an aromatic ring is 1. The number of piperidine rings is 1. The van der Waals surface area contributed by atoms with Crippen molar-refractivity contribution >= 4 is 24.6 Å². The minimum Gasteiger partial charge on any atom is -0.486 e.